The van der Waals surface area contributed by atoms with Crippen LogP contribution in [0.4, 0.5) is 0 Å². The predicted molar refractivity (Wildman–Crippen MR) is 116 cm³/mol. The lowest BCUT2D eigenvalue weighted by Gasteiger charge is -2.31. The van der Waals surface area contributed by atoms with Gasteiger partial charge in [-0.2, -0.15) is 0 Å². The van der Waals surface area contributed by atoms with Gasteiger partial charge >= 0.3 is 0 Å². The van der Waals surface area contributed by atoms with Gasteiger partial charge in [-0.05, 0) is 38.0 Å². The SMILES string of the molecule is CCN(Cc1ccccc1)C(=O)C(C)N1CCCN(C(=O)c2ccccc2)CC1. The molecule has 5 heteroatoms. The maximum absolute atomic E-state index is 13.1. The standard InChI is InChI=1S/C24H31N3O2/c1-3-25(19-21-11-6-4-7-12-21)23(28)20(2)26-15-10-16-27(18-17-26)24(29)22-13-8-5-9-14-22/h4-9,11-14,20H,3,10,15-19H2,1-2H3. The molecule has 0 aliphatic carbocycles. The molecule has 1 atom stereocenters. The molecule has 154 valence electrons. The highest BCUT2D eigenvalue weighted by Crippen LogP contribution is 2.14. The van der Waals surface area contributed by atoms with Crippen LogP contribution in [0.3, 0.4) is 0 Å². The van der Waals surface area contributed by atoms with Crippen molar-refractivity contribution in [2.75, 3.05) is 32.7 Å². The second kappa shape index (κ2) is 10.2. The van der Waals surface area contributed by atoms with Gasteiger partial charge in [0, 0.05) is 44.8 Å². The molecule has 5 nitrogen and oxygen atoms in total. The van der Waals surface area contributed by atoms with E-state index in [2.05, 4.69) is 17.0 Å². The van der Waals surface area contributed by atoms with Crippen LogP contribution < -0.4 is 0 Å². The fourth-order valence-electron chi connectivity index (χ4n) is 3.86. The highest BCUT2D eigenvalue weighted by Gasteiger charge is 2.28. The van der Waals surface area contributed by atoms with Gasteiger partial charge in [-0.25, -0.2) is 0 Å². The molecule has 3 rings (SSSR count). The van der Waals surface area contributed by atoms with E-state index in [1.54, 1.807) is 0 Å². The summed E-state index contributed by atoms with van der Waals surface area (Å²) < 4.78 is 0. The summed E-state index contributed by atoms with van der Waals surface area (Å²) in [6, 6.07) is 19.3. The highest BCUT2D eigenvalue weighted by molar-refractivity contribution is 5.94. The summed E-state index contributed by atoms with van der Waals surface area (Å²) in [6.07, 6.45) is 0.876. The van der Waals surface area contributed by atoms with Crippen molar-refractivity contribution in [2.24, 2.45) is 0 Å². The highest BCUT2D eigenvalue weighted by atomic mass is 16.2. The fourth-order valence-corrected chi connectivity index (χ4v) is 3.86. The second-order valence-electron chi connectivity index (χ2n) is 7.56. The number of hydrogen-bond donors (Lipinski definition) is 0. The molecule has 1 unspecified atom stereocenters. The maximum Gasteiger partial charge on any atom is 0.253 e. The topological polar surface area (TPSA) is 43.9 Å². The van der Waals surface area contributed by atoms with Crippen LogP contribution >= 0.6 is 0 Å². The Balaban J connectivity index is 1.60. The van der Waals surface area contributed by atoms with Crippen LogP contribution in [0.1, 0.15) is 36.2 Å². The van der Waals surface area contributed by atoms with Gasteiger partial charge in [-0.3, -0.25) is 14.5 Å². The lowest BCUT2D eigenvalue weighted by Crippen LogP contribution is -2.48. The number of rotatable bonds is 6. The molecule has 2 aromatic rings. The van der Waals surface area contributed by atoms with Crippen molar-refractivity contribution in [3.05, 3.63) is 71.8 Å². The van der Waals surface area contributed by atoms with Crippen molar-refractivity contribution in [3.8, 4) is 0 Å². The van der Waals surface area contributed by atoms with Crippen molar-refractivity contribution in [1.82, 2.24) is 14.7 Å². The third kappa shape index (κ3) is 5.45. The molecule has 0 bridgehead atoms. The Kier molecular flexibility index (Phi) is 7.42. The Hall–Kier alpha value is -2.66. The molecule has 0 aromatic heterocycles. The molecular weight excluding hydrogens is 362 g/mol. The fraction of sp³-hybridized carbons (Fsp3) is 0.417. The lowest BCUT2D eigenvalue weighted by molar-refractivity contribution is -0.136. The molecule has 1 aliphatic rings. The van der Waals surface area contributed by atoms with E-state index in [9.17, 15) is 9.59 Å². The minimum Gasteiger partial charge on any atom is -0.337 e. The molecule has 1 heterocycles. The molecule has 0 radical (unpaired) electrons. The Labute approximate surface area is 173 Å². The molecule has 1 aliphatic heterocycles. The van der Waals surface area contributed by atoms with E-state index in [1.165, 1.54) is 0 Å². The second-order valence-corrected chi connectivity index (χ2v) is 7.56. The minimum absolute atomic E-state index is 0.0747. The molecule has 2 amide bonds. The molecule has 0 N–H and O–H groups in total. The van der Waals surface area contributed by atoms with E-state index in [1.807, 2.05) is 72.2 Å². The summed E-state index contributed by atoms with van der Waals surface area (Å²) in [4.78, 5) is 31.9. The van der Waals surface area contributed by atoms with Crippen molar-refractivity contribution >= 4 is 11.8 Å². The average Bonchev–Trinajstić information content (AvgIpc) is 3.03. The summed E-state index contributed by atoms with van der Waals surface area (Å²) in [5.41, 5.74) is 1.87. The number of likely N-dealkylation sites (N-methyl/N-ethyl adjacent to an activating group) is 1. The van der Waals surface area contributed by atoms with E-state index in [-0.39, 0.29) is 17.9 Å². The van der Waals surface area contributed by atoms with E-state index in [0.29, 0.717) is 26.2 Å². The number of hydrogen-bond acceptors (Lipinski definition) is 3. The Morgan fingerprint density at radius 1 is 0.931 bits per heavy atom. The van der Waals surface area contributed by atoms with Crippen LogP contribution in [0, 0.1) is 0 Å². The predicted octanol–water partition coefficient (Wildman–Crippen LogP) is 3.27. The zero-order chi connectivity index (χ0) is 20.6. The van der Waals surface area contributed by atoms with E-state index < -0.39 is 0 Å². The number of nitrogens with zero attached hydrogens (tertiary/aromatic N) is 3. The number of amides is 2. The Bertz CT molecular complexity index is 794. The van der Waals surface area contributed by atoms with Crippen molar-refractivity contribution < 1.29 is 9.59 Å². The van der Waals surface area contributed by atoms with Crippen molar-refractivity contribution in [3.63, 3.8) is 0 Å². The Morgan fingerprint density at radius 3 is 2.24 bits per heavy atom. The van der Waals surface area contributed by atoms with E-state index in [4.69, 9.17) is 0 Å². The van der Waals surface area contributed by atoms with Crippen molar-refractivity contribution in [2.45, 2.75) is 32.9 Å². The molecule has 0 saturated carbocycles. The molecule has 1 saturated heterocycles. The van der Waals surface area contributed by atoms with Gasteiger partial charge in [-0.15, -0.1) is 0 Å². The zero-order valence-corrected chi connectivity index (χ0v) is 17.5. The van der Waals surface area contributed by atoms with Crippen molar-refractivity contribution in [1.29, 1.82) is 0 Å². The number of carbonyl (C=O) groups excluding carboxylic acids is 2. The third-order valence-electron chi connectivity index (χ3n) is 5.65. The van der Waals surface area contributed by atoms with Gasteiger partial charge in [0.05, 0.1) is 6.04 Å². The summed E-state index contributed by atoms with van der Waals surface area (Å²) in [5, 5.41) is 0. The van der Waals surface area contributed by atoms with Gasteiger partial charge in [0.25, 0.3) is 5.91 Å². The summed E-state index contributed by atoms with van der Waals surface area (Å²) >= 11 is 0. The van der Waals surface area contributed by atoms with Crippen LogP contribution in [-0.4, -0.2) is 65.3 Å². The first-order chi connectivity index (χ1) is 14.1. The molecule has 29 heavy (non-hydrogen) atoms. The molecule has 2 aromatic carbocycles. The summed E-state index contributed by atoms with van der Waals surface area (Å²) in [7, 11) is 0. The normalized spacial score (nSPS) is 16.1. The van der Waals surface area contributed by atoms with E-state index >= 15 is 0 Å². The molecule has 1 fully saturated rings. The monoisotopic (exact) mass is 393 g/mol. The number of benzene rings is 2. The maximum atomic E-state index is 13.1. The smallest absolute Gasteiger partial charge is 0.253 e. The largest absolute Gasteiger partial charge is 0.337 e. The number of carbonyl (C=O) groups is 2. The molecule has 0 spiro atoms. The van der Waals surface area contributed by atoms with Crippen LogP contribution in [0.15, 0.2) is 60.7 Å². The van der Waals surface area contributed by atoms with E-state index in [0.717, 1.165) is 30.6 Å². The van der Waals surface area contributed by atoms with Gasteiger partial charge in [0.15, 0.2) is 0 Å². The van der Waals surface area contributed by atoms with Gasteiger partial charge in [-0.1, -0.05) is 48.5 Å². The lowest BCUT2D eigenvalue weighted by atomic mass is 10.1. The van der Waals surface area contributed by atoms with Crippen LogP contribution in [0.25, 0.3) is 0 Å². The van der Waals surface area contributed by atoms with Gasteiger partial charge in [0.2, 0.25) is 5.91 Å². The zero-order valence-electron chi connectivity index (χ0n) is 17.5. The summed E-state index contributed by atoms with van der Waals surface area (Å²) in [5.74, 6) is 0.227. The van der Waals surface area contributed by atoms with Crippen LogP contribution in [0.5, 0.6) is 0 Å². The van der Waals surface area contributed by atoms with Gasteiger partial charge in [0.1, 0.15) is 0 Å². The summed E-state index contributed by atoms with van der Waals surface area (Å²) in [6.45, 7) is 8.25. The average molecular weight is 394 g/mol. The first-order valence-corrected chi connectivity index (χ1v) is 10.5. The van der Waals surface area contributed by atoms with Gasteiger partial charge < -0.3 is 9.80 Å². The van der Waals surface area contributed by atoms with Crippen LogP contribution in [-0.2, 0) is 11.3 Å². The minimum atomic E-state index is -0.189. The third-order valence-corrected chi connectivity index (χ3v) is 5.65. The van der Waals surface area contributed by atoms with Crippen LogP contribution in [0.2, 0.25) is 0 Å². The molecular formula is C24H31N3O2. The Morgan fingerprint density at radius 2 is 1.59 bits per heavy atom. The quantitative estimate of drug-likeness (QED) is 0.757. The first-order valence-electron chi connectivity index (χ1n) is 10.5. The first kappa shape index (κ1) is 21.1.